The van der Waals surface area contributed by atoms with Gasteiger partial charge in [0.1, 0.15) is 0 Å². The Balaban J connectivity index is 1.53. The number of nitrogens with one attached hydrogen (secondary N) is 1. The van der Waals surface area contributed by atoms with Gasteiger partial charge in [0.2, 0.25) is 11.8 Å². The van der Waals surface area contributed by atoms with Crippen LogP contribution in [0.2, 0.25) is 0 Å². The van der Waals surface area contributed by atoms with Crippen molar-refractivity contribution in [2.24, 2.45) is 0 Å². The molecule has 2 aliphatic rings. The van der Waals surface area contributed by atoms with Crippen LogP contribution in [0.3, 0.4) is 0 Å². The molecule has 0 saturated heterocycles. The van der Waals surface area contributed by atoms with Gasteiger partial charge in [0.05, 0.1) is 18.5 Å². The highest BCUT2D eigenvalue weighted by atomic mass is 16.2. The molecule has 0 bridgehead atoms. The molecule has 0 fully saturated rings. The van der Waals surface area contributed by atoms with Crippen LogP contribution in [0.25, 0.3) is 6.08 Å². The van der Waals surface area contributed by atoms with Gasteiger partial charge in [-0.2, -0.15) is 0 Å². The van der Waals surface area contributed by atoms with Gasteiger partial charge in [0.25, 0.3) is 0 Å². The van der Waals surface area contributed by atoms with Crippen molar-refractivity contribution >= 4 is 17.9 Å². The molecule has 4 nitrogen and oxygen atoms in total. The molecular formula is C22H22N2O2. The minimum atomic E-state index is -0.259. The summed E-state index contributed by atoms with van der Waals surface area (Å²) in [4.78, 5) is 26.5. The molecule has 1 aliphatic heterocycles. The average molecular weight is 346 g/mol. The number of fused-ring (bicyclic) bond motifs is 2. The van der Waals surface area contributed by atoms with Crippen molar-refractivity contribution in [3.63, 3.8) is 0 Å². The van der Waals surface area contributed by atoms with Crippen molar-refractivity contribution in [2.75, 3.05) is 0 Å². The highest BCUT2D eigenvalue weighted by Crippen LogP contribution is 2.34. The number of carbonyl (C=O) groups excluding carboxylic acids is 2. The van der Waals surface area contributed by atoms with E-state index in [0.717, 1.165) is 24.0 Å². The lowest BCUT2D eigenvalue weighted by atomic mass is 9.93. The number of carbonyl (C=O) groups is 2. The van der Waals surface area contributed by atoms with Gasteiger partial charge in [-0.05, 0) is 41.2 Å². The van der Waals surface area contributed by atoms with E-state index in [1.165, 1.54) is 18.1 Å². The van der Waals surface area contributed by atoms with Crippen LogP contribution in [-0.4, -0.2) is 16.7 Å². The van der Waals surface area contributed by atoms with Crippen molar-refractivity contribution in [3.05, 3.63) is 77.0 Å². The van der Waals surface area contributed by atoms with Gasteiger partial charge in [0.15, 0.2) is 0 Å². The fourth-order valence-corrected chi connectivity index (χ4v) is 4.05. The molecule has 0 radical (unpaired) electrons. The van der Waals surface area contributed by atoms with Crippen molar-refractivity contribution in [2.45, 2.75) is 38.3 Å². The summed E-state index contributed by atoms with van der Waals surface area (Å²) in [6.07, 6.45) is 5.91. The summed E-state index contributed by atoms with van der Waals surface area (Å²) < 4.78 is 0. The quantitative estimate of drug-likeness (QED) is 0.920. The second-order valence-corrected chi connectivity index (χ2v) is 6.95. The Bertz CT molecular complexity index is 887. The van der Waals surface area contributed by atoms with Crippen LogP contribution in [0.5, 0.6) is 0 Å². The van der Waals surface area contributed by atoms with E-state index < -0.39 is 0 Å². The number of hydrogen-bond donors (Lipinski definition) is 1. The fraction of sp³-hybridized carbons (Fsp3) is 0.273. The zero-order valence-corrected chi connectivity index (χ0v) is 14.8. The summed E-state index contributed by atoms with van der Waals surface area (Å²) in [7, 11) is 0. The van der Waals surface area contributed by atoms with Crippen LogP contribution in [0.4, 0.5) is 0 Å². The van der Waals surface area contributed by atoms with E-state index in [0.29, 0.717) is 0 Å². The van der Waals surface area contributed by atoms with Crippen molar-refractivity contribution in [3.8, 4) is 0 Å². The third-order valence-corrected chi connectivity index (χ3v) is 5.32. The topological polar surface area (TPSA) is 49.4 Å². The van der Waals surface area contributed by atoms with Crippen LogP contribution in [0.1, 0.15) is 54.1 Å². The molecule has 132 valence electrons. The third-order valence-electron chi connectivity index (χ3n) is 5.32. The minimum absolute atomic E-state index is 0.0203. The highest BCUT2D eigenvalue weighted by Gasteiger charge is 2.30. The van der Waals surface area contributed by atoms with Gasteiger partial charge in [-0.15, -0.1) is 0 Å². The van der Waals surface area contributed by atoms with Crippen LogP contribution in [-0.2, 0) is 16.0 Å². The van der Waals surface area contributed by atoms with E-state index in [4.69, 9.17) is 0 Å². The smallest absolute Gasteiger partial charge is 0.223 e. The van der Waals surface area contributed by atoms with Gasteiger partial charge in [-0.25, -0.2) is 0 Å². The zero-order chi connectivity index (χ0) is 18.1. The third kappa shape index (κ3) is 3.03. The highest BCUT2D eigenvalue weighted by molar-refractivity contribution is 5.82. The Hall–Kier alpha value is -2.88. The molecule has 2 unspecified atom stereocenters. The summed E-state index contributed by atoms with van der Waals surface area (Å²) in [5, 5.41) is 3.17. The number of nitrogens with zero attached hydrogens (tertiary/aromatic N) is 1. The SMILES string of the molecule is CC(=O)N1C=Cc2ccccc2C1CC(=O)NC1CCc2ccccc21. The first-order chi connectivity index (χ1) is 12.6. The second kappa shape index (κ2) is 6.79. The number of benzene rings is 2. The summed E-state index contributed by atoms with van der Waals surface area (Å²) in [6.45, 7) is 1.54. The Morgan fingerprint density at radius 1 is 1.08 bits per heavy atom. The predicted molar refractivity (Wildman–Crippen MR) is 101 cm³/mol. The first kappa shape index (κ1) is 16.6. The second-order valence-electron chi connectivity index (χ2n) is 6.95. The van der Waals surface area contributed by atoms with Gasteiger partial charge in [-0.1, -0.05) is 48.5 Å². The Morgan fingerprint density at radius 3 is 2.62 bits per heavy atom. The molecular weight excluding hydrogens is 324 g/mol. The monoisotopic (exact) mass is 346 g/mol. The molecule has 4 heteroatoms. The van der Waals surface area contributed by atoms with Crippen molar-refractivity contribution < 1.29 is 9.59 Å². The van der Waals surface area contributed by atoms with Gasteiger partial charge < -0.3 is 10.2 Å². The molecule has 0 saturated carbocycles. The first-order valence-electron chi connectivity index (χ1n) is 9.06. The molecule has 0 spiro atoms. The molecule has 2 aromatic carbocycles. The van der Waals surface area contributed by atoms with Crippen molar-refractivity contribution in [1.29, 1.82) is 0 Å². The molecule has 1 aliphatic carbocycles. The number of aryl methyl sites for hydroxylation is 1. The van der Waals surface area contributed by atoms with Gasteiger partial charge >= 0.3 is 0 Å². The first-order valence-corrected chi connectivity index (χ1v) is 9.06. The van der Waals surface area contributed by atoms with E-state index >= 15 is 0 Å². The molecule has 0 aromatic heterocycles. The molecule has 2 atom stereocenters. The average Bonchev–Trinajstić information content (AvgIpc) is 3.04. The number of hydrogen-bond acceptors (Lipinski definition) is 2. The fourth-order valence-electron chi connectivity index (χ4n) is 4.05. The van der Waals surface area contributed by atoms with Gasteiger partial charge in [0, 0.05) is 13.1 Å². The van der Waals surface area contributed by atoms with Gasteiger partial charge in [-0.3, -0.25) is 9.59 Å². The largest absolute Gasteiger partial charge is 0.349 e. The standard InChI is InChI=1S/C22H22N2O2/c1-15(25)24-13-12-17-7-3-5-9-19(17)21(24)14-22(26)23-20-11-10-16-6-2-4-8-18(16)20/h2-9,12-13,20-21H,10-11,14H2,1H3,(H,23,26). The maximum atomic E-state index is 12.8. The number of amides is 2. The maximum Gasteiger partial charge on any atom is 0.223 e. The minimum Gasteiger partial charge on any atom is -0.349 e. The predicted octanol–water partition coefficient (Wildman–Crippen LogP) is 3.75. The van der Waals surface area contributed by atoms with Crippen LogP contribution in [0.15, 0.2) is 54.7 Å². The molecule has 1 N–H and O–H groups in total. The molecule has 26 heavy (non-hydrogen) atoms. The van der Waals surface area contributed by atoms with Crippen LogP contribution >= 0.6 is 0 Å². The Morgan fingerprint density at radius 2 is 1.81 bits per heavy atom. The molecule has 1 heterocycles. The number of rotatable bonds is 3. The summed E-state index contributed by atoms with van der Waals surface area (Å²) in [5.74, 6) is -0.0761. The summed E-state index contributed by atoms with van der Waals surface area (Å²) in [6, 6.07) is 16.0. The van der Waals surface area contributed by atoms with Crippen LogP contribution < -0.4 is 5.32 Å². The van der Waals surface area contributed by atoms with Crippen LogP contribution in [0, 0.1) is 0 Å². The van der Waals surface area contributed by atoms with E-state index in [1.807, 2.05) is 42.5 Å². The van der Waals surface area contributed by atoms with E-state index in [1.54, 1.807) is 11.1 Å². The maximum absolute atomic E-state index is 12.8. The zero-order valence-electron chi connectivity index (χ0n) is 14.8. The van der Waals surface area contributed by atoms with E-state index in [9.17, 15) is 9.59 Å². The van der Waals surface area contributed by atoms with Crippen molar-refractivity contribution in [1.82, 2.24) is 10.2 Å². The lowest BCUT2D eigenvalue weighted by molar-refractivity contribution is -0.130. The normalized spacial score (nSPS) is 20.4. The Labute approximate surface area is 153 Å². The Kier molecular flexibility index (Phi) is 4.33. The van der Waals surface area contributed by atoms with E-state index in [2.05, 4.69) is 17.4 Å². The molecule has 2 amide bonds. The lowest BCUT2D eigenvalue weighted by Gasteiger charge is -2.32. The molecule has 2 aromatic rings. The lowest BCUT2D eigenvalue weighted by Crippen LogP contribution is -2.36. The van der Waals surface area contributed by atoms with E-state index in [-0.39, 0.29) is 30.3 Å². The molecule has 4 rings (SSSR count). The summed E-state index contributed by atoms with van der Waals surface area (Å²) >= 11 is 0. The summed E-state index contributed by atoms with van der Waals surface area (Å²) in [5.41, 5.74) is 4.61.